The van der Waals surface area contributed by atoms with Gasteiger partial charge in [-0.2, -0.15) is 0 Å². The molecule has 0 N–H and O–H groups in total. The third kappa shape index (κ3) is 4.22. The van der Waals surface area contributed by atoms with E-state index in [4.69, 9.17) is 16.0 Å². The summed E-state index contributed by atoms with van der Waals surface area (Å²) >= 11 is 7.47. The number of nitrogens with zero attached hydrogens (tertiary/aromatic N) is 4. The highest BCUT2D eigenvalue weighted by Gasteiger charge is 2.14. The van der Waals surface area contributed by atoms with E-state index in [9.17, 15) is 4.79 Å². The Hall–Kier alpha value is -1.86. The molecule has 0 fully saturated rings. The van der Waals surface area contributed by atoms with E-state index in [0.717, 1.165) is 6.42 Å². The molecule has 0 amide bonds. The molecular formula is C17H19ClN4O2S. The first kappa shape index (κ1) is 17.9. The van der Waals surface area contributed by atoms with Crippen LogP contribution < -0.4 is 5.56 Å². The van der Waals surface area contributed by atoms with Crippen LogP contribution in [0, 0.1) is 12.8 Å². The van der Waals surface area contributed by atoms with Crippen molar-refractivity contribution in [3.8, 4) is 0 Å². The second-order valence-electron chi connectivity index (χ2n) is 6.20. The second-order valence-corrected chi connectivity index (χ2v) is 7.58. The molecule has 0 unspecified atom stereocenters. The summed E-state index contributed by atoms with van der Waals surface area (Å²) < 4.78 is 7.13. The van der Waals surface area contributed by atoms with Crippen molar-refractivity contribution in [1.82, 2.24) is 19.7 Å². The molecule has 132 valence electrons. The van der Waals surface area contributed by atoms with E-state index in [1.165, 1.54) is 11.8 Å². The van der Waals surface area contributed by atoms with E-state index < -0.39 is 0 Å². The van der Waals surface area contributed by atoms with Gasteiger partial charge >= 0.3 is 0 Å². The van der Waals surface area contributed by atoms with Gasteiger partial charge in [0, 0.05) is 18.5 Å². The summed E-state index contributed by atoms with van der Waals surface area (Å²) in [4.78, 5) is 17.6. The molecule has 3 rings (SSSR count). The highest BCUT2D eigenvalue weighted by molar-refractivity contribution is 7.98. The molecule has 0 bridgehead atoms. The van der Waals surface area contributed by atoms with Crippen LogP contribution in [0.1, 0.15) is 32.0 Å². The SMILES string of the molecule is Cc1nnc(CSc2nc3cc(Cl)ccc3c(=O)n2CCC(C)C)o1. The Morgan fingerprint density at radius 2 is 2.12 bits per heavy atom. The van der Waals surface area contributed by atoms with Crippen LogP contribution >= 0.6 is 23.4 Å². The monoisotopic (exact) mass is 378 g/mol. The van der Waals surface area contributed by atoms with Gasteiger partial charge in [0.15, 0.2) is 5.16 Å². The van der Waals surface area contributed by atoms with Crippen molar-refractivity contribution < 1.29 is 4.42 Å². The third-order valence-electron chi connectivity index (χ3n) is 3.71. The van der Waals surface area contributed by atoms with E-state index in [1.54, 1.807) is 29.7 Å². The Morgan fingerprint density at radius 3 is 2.80 bits per heavy atom. The maximum Gasteiger partial charge on any atom is 0.262 e. The maximum absolute atomic E-state index is 12.9. The fourth-order valence-electron chi connectivity index (χ4n) is 2.39. The summed E-state index contributed by atoms with van der Waals surface area (Å²) in [5.41, 5.74) is 0.550. The molecule has 8 heteroatoms. The second kappa shape index (κ2) is 7.58. The van der Waals surface area contributed by atoms with E-state index >= 15 is 0 Å². The van der Waals surface area contributed by atoms with E-state index in [2.05, 4.69) is 29.0 Å². The molecule has 0 atom stereocenters. The molecule has 0 saturated heterocycles. The Balaban J connectivity index is 1.99. The van der Waals surface area contributed by atoms with Crippen LogP contribution in [0.3, 0.4) is 0 Å². The topological polar surface area (TPSA) is 73.8 Å². The number of rotatable bonds is 6. The molecular weight excluding hydrogens is 360 g/mol. The molecule has 3 aromatic rings. The molecule has 1 aromatic carbocycles. The average Bonchev–Trinajstić information content (AvgIpc) is 2.97. The van der Waals surface area contributed by atoms with Crippen molar-refractivity contribution in [2.75, 3.05) is 0 Å². The normalized spacial score (nSPS) is 11.6. The highest BCUT2D eigenvalue weighted by atomic mass is 35.5. The Morgan fingerprint density at radius 1 is 1.32 bits per heavy atom. The predicted molar refractivity (Wildman–Crippen MR) is 99.1 cm³/mol. The minimum atomic E-state index is -0.0495. The first-order valence-electron chi connectivity index (χ1n) is 8.06. The Kier molecular flexibility index (Phi) is 5.44. The maximum atomic E-state index is 12.9. The molecule has 6 nitrogen and oxygen atoms in total. The predicted octanol–water partition coefficient (Wildman–Crippen LogP) is 4.08. The van der Waals surface area contributed by atoms with E-state index in [-0.39, 0.29) is 5.56 Å². The standard InChI is InChI=1S/C17H19ClN4O2S/c1-10(2)6-7-22-16(23)13-5-4-12(18)8-14(13)19-17(22)25-9-15-21-20-11(3)24-15/h4-5,8,10H,6-7,9H2,1-3H3. The van der Waals surface area contributed by atoms with Crippen molar-refractivity contribution in [2.45, 2.75) is 44.6 Å². The molecule has 0 aliphatic heterocycles. The van der Waals surface area contributed by atoms with Crippen LogP contribution in [-0.4, -0.2) is 19.7 Å². The lowest BCUT2D eigenvalue weighted by Crippen LogP contribution is -2.24. The van der Waals surface area contributed by atoms with Gasteiger partial charge in [-0.3, -0.25) is 9.36 Å². The smallest absolute Gasteiger partial charge is 0.262 e. The summed E-state index contributed by atoms with van der Waals surface area (Å²) in [6, 6.07) is 5.16. The molecule has 0 saturated carbocycles. The molecule has 0 aliphatic carbocycles. The molecule has 2 heterocycles. The first-order valence-corrected chi connectivity index (χ1v) is 9.42. The molecule has 0 radical (unpaired) electrons. The van der Waals surface area contributed by atoms with Gasteiger partial charge in [-0.1, -0.05) is 37.2 Å². The Labute approximate surface area is 154 Å². The quantitative estimate of drug-likeness (QED) is 0.475. The summed E-state index contributed by atoms with van der Waals surface area (Å²) in [7, 11) is 0. The number of thioether (sulfide) groups is 1. The fourth-order valence-corrected chi connectivity index (χ4v) is 3.42. The van der Waals surface area contributed by atoms with Gasteiger partial charge in [0.1, 0.15) is 0 Å². The zero-order valence-corrected chi connectivity index (χ0v) is 15.9. The summed E-state index contributed by atoms with van der Waals surface area (Å²) in [5, 5.41) is 9.58. The number of aryl methyl sites for hydroxylation is 1. The lowest BCUT2D eigenvalue weighted by molar-refractivity contribution is 0.477. The number of halogens is 1. The summed E-state index contributed by atoms with van der Waals surface area (Å²) in [6.45, 7) is 6.63. The van der Waals surface area contributed by atoms with E-state index in [1.807, 2.05) is 0 Å². The van der Waals surface area contributed by atoms with E-state index in [0.29, 0.717) is 51.1 Å². The highest BCUT2D eigenvalue weighted by Crippen LogP contribution is 2.23. The molecule has 0 spiro atoms. The zero-order chi connectivity index (χ0) is 18.0. The largest absolute Gasteiger partial charge is 0.425 e. The molecule has 0 aliphatic rings. The van der Waals surface area contributed by atoms with Crippen LogP contribution in [-0.2, 0) is 12.3 Å². The third-order valence-corrected chi connectivity index (χ3v) is 4.90. The minimum absolute atomic E-state index is 0.0495. The fraction of sp³-hybridized carbons (Fsp3) is 0.412. The van der Waals surface area contributed by atoms with Gasteiger partial charge in [-0.05, 0) is 30.5 Å². The van der Waals surface area contributed by atoms with Crippen molar-refractivity contribution in [3.05, 3.63) is 45.4 Å². The van der Waals surface area contributed by atoms with Gasteiger partial charge < -0.3 is 4.42 Å². The number of fused-ring (bicyclic) bond motifs is 1. The molecule has 25 heavy (non-hydrogen) atoms. The average molecular weight is 379 g/mol. The van der Waals surface area contributed by atoms with Crippen molar-refractivity contribution >= 4 is 34.3 Å². The number of hydrogen-bond donors (Lipinski definition) is 0. The van der Waals surface area contributed by atoms with Crippen LogP contribution in [0.5, 0.6) is 0 Å². The van der Waals surface area contributed by atoms with Crippen LogP contribution in [0.25, 0.3) is 10.9 Å². The van der Waals surface area contributed by atoms with Gasteiger partial charge in [0.2, 0.25) is 11.8 Å². The first-order chi connectivity index (χ1) is 11.9. The van der Waals surface area contributed by atoms with Gasteiger partial charge in [0.05, 0.1) is 16.7 Å². The van der Waals surface area contributed by atoms with Crippen molar-refractivity contribution in [2.24, 2.45) is 5.92 Å². The molecule has 2 aromatic heterocycles. The van der Waals surface area contributed by atoms with Gasteiger partial charge in [-0.15, -0.1) is 10.2 Å². The number of benzene rings is 1. The van der Waals surface area contributed by atoms with Crippen molar-refractivity contribution in [1.29, 1.82) is 0 Å². The van der Waals surface area contributed by atoms with Gasteiger partial charge in [-0.25, -0.2) is 4.98 Å². The number of aromatic nitrogens is 4. The Bertz CT molecular complexity index is 951. The minimum Gasteiger partial charge on any atom is -0.425 e. The van der Waals surface area contributed by atoms with Gasteiger partial charge in [0.25, 0.3) is 5.56 Å². The van der Waals surface area contributed by atoms with Crippen LogP contribution in [0.15, 0.2) is 32.6 Å². The van der Waals surface area contributed by atoms with Crippen molar-refractivity contribution in [3.63, 3.8) is 0 Å². The van der Waals surface area contributed by atoms with Crippen LogP contribution in [0.2, 0.25) is 5.02 Å². The number of hydrogen-bond acceptors (Lipinski definition) is 6. The lowest BCUT2D eigenvalue weighted by atomic mass is 10.1. The van der Waals surface area contributed by atoms with Crippen LogP contribution in [0.4, 0.5) is 0 Å². The summed E-state index contributed by atoms with van der Waals surface area (Å²) in [5.74, 6) is 1.98. The lowest BCUT2D eigenvalue weighted by Gasteiger charge is -2.13. The summed E-state index contributed by atoms with van der Waals surface area (Å²) in [6.07, 6.45) is 0.897. The zero-order valence-electron chi connectivity index (χ0n) is 14.3.